The minimum absolute atomic E-state index is 0.110. The topological polar surface area (TPSA) is 49.4 Å². The molecule has 0 amide bonds. The van der Waals surface area contributed by atoms with Gasteiger partial charge in [0.15, 0.2) is 9.84 Å². The molecule has 0 aliphatic carbocycles. The van der Waals surface area contributed by atoms with Crippen molar-refractivity contribution >= 4 is 37.1 Å². The Kier molecular flexibility index (Phi) is 3.02. The zero-order valence-electron chi connectivity index (χ0n) is 9.89. The highest BCUT2D eigenvalue weighted by Crippen LogP contribution is 2.35. The first-order valence-corrected chi connectivity index (χ1v) is 8.67. The van der Waals surface area contributed by atoms with Crippen molar-refractivity contribution in [3.8, 4) is 0 Å². The first kappa shape index (κ1) is 12.3. The van der Waals surface area contributed by atoms with Crippen LogP contribution < -0.4 is 10.2 Å². The molecule has 1 fully saturated rings. The maximum atomic E-state index is 11.7. The third kappa shape index (κ3) is 2.23. The highest BCUT2D eigenvalue weighted by Gasteiger charge is 2.33. The van der Waals surface area contributed by atoms with Gasteiger partial charge in [0, 0.05) is 23.6 Å². The van der Waals surface area contributed by atoms with Crippen LogP contribution in [0.5, 0.6) is 0 Å². The highest BCUT2D eigenvalue weighted by atomic mass is 79.9. The molecule has 1 unspecified atom stereocenters. The smallest absolute Gasteiger partial charge is 0.154 e. The lowest BCUT2D eigenvalue weighted by Crippen LogP contribution is -2.48. The molecule has 0 bridgehead atoms. The molecule has 1 atom stereocenters. The van der Waals surface area contributed by atoms with Crippen LogP contribution >= 0.6 is 15.9 Å². The van der Waals surface area contributed by atoms with Crippen LogP contribution in [0.3, 0.4) is 0 Å². The summed E-state index contributed by atoms with van der Waals surface area (Å²) in [6.45, 7) is 1.42. The first-order valence-electron chi connectivity index (χ1n) is 6.06. The van der Waals surface area contributed by atoms with Crippen LogP contribution in [0.25, 0.3) is 0 Å². The number of halogens is 1. The predicted molar refractivity (Wildman–Crippen MR) is 77.0 cm³/mol. The fourth-order valence-electron chi connectivity index (χ4n) is 2.72. The van der Waals surface area contributed by atoms with E-state index in [1.807, 2.05) is 6.07 Å². The number of hydrogen-bond acceptors (Lipinski definition) is 4. The quantitative estimate of drug-likeness (QED) is 0.789. The summed E-state index contributed by atoms with van der Waals surface area (Å²) in [5.41, 5.74) is 2.21. The molecule has 0 saturated carbocycles. The summed E-state index contributed by atoms with van der Waals surface area (Å²) in [5.74, 6) is 0.545. The van der Waals surface area contributed by atoms with Crippen LogP contribution in [0.2, 0.25) is 0 Å². The minimum atomic E-state index is -2.86. The molecule has 2 heterocycles. The van der Waals surface area contributed by atoms with E-state index in [1.54, 1.807) is 0 Å². The summed E-state index contributed by atoms with van der Waals surface area (Å²) in [5, 5.41) is 3.38. The molecule has 1 aromatic carbocycles. The van der Waals surface area contributed by atoms with Crippen LogP contribution in [-0.4, -0.2) is 39.1 Å². The maximum absolute atomic E-state index is 11.7. The Morgan fingerprint density at radius 2 is 2.22 bits per heavy atom. The summed E-state index contributed by atoms with van der Waals surface area (Å²) in [7, 11) is -2.86. The van der Waals surface area contributed by atoms with E-state index in [-0.39, 0.29) is 17.5 Å². The molecule has 98 valence electrons. The van der Waals surface area contributed by atoms with Crippen molar-refractivity contribution in [2.24, 2.45) is 0 Å². The number of nitrogens with one attached hydrogen (secondary N) is 1. The molecule has 1 aromatic rings. The van der Waals surface area contributed by atoms with Gasteiger partial charge >= 0.3 is 0 Å². The van der Waals surface area contributed by atoms with Gasteiger partial charge in [0.2, 0.25) is 0 Å². The van der Waals surface area contributed by atoms with E-state index in [1.165, 1.54) is 0 Å². The number of rotatable bonds is 0. The standard InChI is InChI=1S/C12H15BrN2O2S/c13-9-1-2-12-11(7-9)14-4-3-10-8-18(16,17)6-5-15(10)12/h1-2,7,10,14H,3-6,8H2. The Hall–Kier alpha value is -0.750. The number of fused-ring (bicyclic) bond motifs is 3. The third-order valence-corrected chi connectivity index (χ3v) is 5.78. The van der Waals surface area contributed by atoms with Crippen molar-refractivity contribution in [3.63, 3.8) is 0 Å². The van der Waals surface area contributed by atoms with E-state index in [9.17, 15) is 8.42 Å². The molecule has 0 aromatic heterocycles. The van der Waals surface area contributed by atoms with E-state index in [0.717, 1.165) is 28.8 Å². The van der Waals surface area contributed by atoms with Gasteiger partial charge in [-0.05, 0) is 24.6 Å². The van der Waals surface area contributed by atoms with Crippen molar-refractivity contribution in [2.75, 3.05) is 34.8 Å². The molecule has 6 heteroatoms. The van der Waals surface area contributed by atoms with E-state index < -0.39 is 9.84 Å². The zero-order valence-corrected chi connectivity index (χ0v) is 12.3. The van der Waals surface area contributed by atoms with Gasteiger partial charge in [-0.3, -0.25) is 0 Å². The van der Waals surface area contributed by atoms with Gasteiger partial charge in [0.1, 0.15) is 0 Å². The van der Waals surface area contributed by atoms with Gasteiger partial charge in [0.25, 0.3) is 0 Å². The van der Waals surface area contributed by atoms with Crippen molar-refractivity contribution < 1.29 is 8.42 Å². The van der Waals surface area contributed by atoms with Crippen LogP contribution in [0.15, 0.2) is 22.7 Å². The molecule has 1 N–H and O–H groups in total. The molecule has 2 aliphatic heterocycles. The highest BCUT2D eigenvalue weighted by molar-refractivity contribution is 9.10. The van der Waals surface area contributed by atoms with Gasteiger partial charge < -0.3 is 10.2 Å². The van der Waals surface area contributed by atoms with Crippen LogP contribution in [0.1, 0.15) is 6.42 Å². The summed E-state index contributed by atoms with van der Waals surface area (Å²) in [4.78, 5) is 2.24. The van der Waals surface area contributed by atoms with Gasteiger partial charge in [-0.2, -0.15) is 0 Å². The number of benzene rings is 1. The van der Waals surface area contributed by atoms with E-state index in [0.29, 0.717) is 6.54 Å². The Labute approximate surface area is 115 Å². The SMILES string of the molecule is O=S1(=O)CCN2c3ccc(Br)cc3NCCC2C1. The number of anilines is 2. The maximum Gasteiger partial charge on any atom is 0.154 e. The monoisotopic (exact) mass is 330 g/mol. The summed E-state index contributed by atoms with van der Waals surface area (Å²) in [6, 6.07) is 6.23. The predicted octanol–water partition coefficient (Wildman–Crippen LogP) is 1.87. The Morgan fingerprint density at radius 3 is 3.06 bits per heavy atom. The largest absolute Gasteiger partial charge is 0.383 e. The molecule has 1 saturated heterocycles. The number of sulfone groups is 1. The summed E-state index contributed by atoms with van der Waals surface area (Å²) in [6.07, 6.45) is 0.867. The Morgan fingerprint density at radius 1 is 1.39 bits per heavy atom. The van der Waals surface area contributed by atoms with Gasteiger partial charge in [0.05, 0.1) is 22.9 Å². The van der Waals surface area contributed by atoms with E-state index in [2.05, 4.69) is 38.3 Å². The Balaban J connectivity index is 2.00. The number of nitrogens with zero attached hydrogens (tertiary/aromatic N) is 1. The lowest BCUT2D eigenvalue weighted by atomic mass is 10.2. The van der Waals surface area contributed by atoms with Crippen molar-refractivity contribution in [1.29, 1.82) is 0 Å². The minimum Gasteiger partial charge on any atom is -0.383 e. The van der Waals surface area contributed by atoms with Crippen LogP contribution in [-0.2, 0) is 9.84 Å². The van der Waals surface area contributed by atoms with Crippen molar-refractivity contribution in [3.05, 3.63) is 22.7 Å². The van der Waals surface area contributed by atoms with Gasteiger partial charge in [-0.15, -0.1) is 0 Å². The lowest BCUT2D eigenvalue weighted by Gasteiger charge is -2.36. The van der Waals surface area contributed by atoms with Crippen molar-refractivity contribution in [1.82, 2.24) is 0 Å². The average Bonchev–Trinajstić information content (AvgIpc) is 2.45. The lowest BCUT2D eigenvalue weighted by molar-refractivity contribution is 0.550. The fourth-order valence-corrected chi connectivity index (χ4v) is 4.65. The second kappa shape index (κ2) is 4.42. The van der Waals surface area contributed by atoms with Gasteiger partial charge in [-0.25, -0.2) is 8.42 Å². The first-order chi connectivity index (χ1) is 8.55. The Bertz CT molecular complexity index is 573. The molecule has 2 aliphatic rings. The van der Waals surface area contributed by atoms with Crippen molar-refractivity contribution in [2.45, 2.75) is 12.5 Å². The second-order valence-corrected chi connectivity index (χ2v) is 7.98. The molecule has 18 heavy (non-hydrogen) atoms. The van der Waals surface area contributed by atoms with E-state index in [4.69, 9.17) is 0 Å². The van der Waals surface area contributed by atoms with Crippen LogP contribution in [0.4, 0.5) is 11.4 Å². The average molecular weight is 331 g/mol. The molecule has 4 nitrogen and oxygen atoms in total. The molecular formula is C12H15BrN2O2S. The normalized spacial score (nSPS) is 25.6. The van der Waals surface area contributed by atoms with Crippen LogP contribution in [0, 0.1) is 0 Å². The summed E-state index contributed by atoms with van der Waals surface area (Å²) < 4.78 is 24.5. The third-order valence-electron chi connectivity index (χ3n) is 3.59. The molecule has 3 rings (SSSR count). The zero-order chi connectivity index (χ0) is 12.8. The molecular weight excluding hydrogens is 316 g/mol. The summed E-state index contributed by atoms with van der Waals surface area (Å²) >= 11 is 3.47. The number of hydrogen-bond donors (Lipinski definition) is 1. The van der Waals surface area contributed by atoms with Gasteiger partial charge in [-0.1, -0.05) is 15.9 Å². The second-order valence-electron chi connectivity index (χ2n) is 4.84. The molecule has 0 radical (unpaired) electrons. The van der Waals surface area contributed by atoms with E-state index >= 15 is 0 Å². The molecule has 0 spiro atoms. The fraction of sp³-hybridized carbons (Fsp3) is 0.500.